The molecule has 0 unspecified atom stereocenters. The Bertz CT molecular complexity index is 640. The highest BCUT2D eigenvalue weighted by molar-refractivity contribution is 5.98. The number of nitrogens with two attached hydrogens (primary N) is 1. The fourth-order valence-electron chi connectivity index (χ4n) is 2.71. The van der Waals surface area contributed by atoms with Crippen LogP contribution >= 0.6 is 0 Å². The number of oxazole rings is 1. The van der Waals surface area contributed by atoms with E-state index < -0.39 is 5.54 Å². The van der Waals surface area contributed by atoms with Gasteiger partial charge < -0.3 is 15.5 Å². The van der Waals surface area contributed by atoms with E-state index >= 15 is 0 Å². The van der Waals surface area contributed by atoms with Gasteiger partial charge in [-0.3, -0.25) is 4.79 Å². The molecule has 5 heteroatoms. The van der Waals surface area contributed by atoms with E-state index in [1.54, 1.807) is 13.2 Å². The molecule has 1 aliphatic carbocycles. The van der Waals surface area contributed by atoms with E-state index in [0.717, 1.165) is 42.6 Å². The Morgan fingerprint density at radius 1 is 1.29 bits per heavy atom. The Labute approximate surface area is 123 Å². The maximum atomic E-state index is 12.2. The number of amides is 1. The lowest BCUT2D eigenvalue weighted by atomic mass is 9.98. The minimum Gasteiger partial charge on any atom is -0.449 e. The summed E-state index contributed by atoms with van der Waals surface area (Å²) in [6.07, 6.45) is 5.18. The lowest BCUT2D eigenvalue weighted by Crippen LogP contribution is -2.48. The number of rotatable bonds is 3. The quantitative estimate of drug-likeness (QED) is 0.908. The molecule has 0 bridgehead atoms. The van der Waals surface area contributed by atoms with Crippen molar-refractivity contribution in [2.75, 3.05) is 5.32 Å². The van der Waals surface area contributed by atoms with E-state index in [0.29, 0.717) is 5.89 Å². The number of aryl methyl sites for hydroxylation is 1. The normalized spacial score (nSPS) is 16.9. The predicted octanol–water partition coefficient (Wildman–Crippen LogP) is 2.86. The van der Waals surface area contributed by atoms with Crippen LogP contribution in [0.4, 0.5) is 5.69 Å². The first-order chi connectivity index (χ1) is 10.1. The second-order valence-corrected chi connectivity index (χ2v) is 5.65. The topological polar surface area (TPSA) is 81.2 Å². The summed E-state index contributed by atoms with van der Waals surface area (Å²) in [7, 11) is 0. The van der Waals surface area contributed by atoms with Crippen LogP contribution in [0.1, 0.15) is 31.6 Å². The third-order valence-electron chi connectivity index (χ3n) is 4.01. The summed E-state index contributed by atoms with van der Waals surface area (Å²) in [6, 6.07) is 7.53. The number of carbonyl (C=O) groups excluding carboxylic acids is 1. The van der Waals surface area contributed by atoms with Gasteiger partial charge >= 0.3 is 0 Å². The molecule has 5 nitrogen and oxygen atoms in total. The zero-order valence-electron chi connectivity index (χ0n) is 12.1. The number of hydrogen-bond donors (Lipinski definition) is 2. The van der Waals surface area contributed by atoms with E-state index in [9.17, 15) is 4.79 Å². The van der Waals surface area contributed by atoms with Crippen LogP contribution in [0.25, 0.3) is 11.3 Å². The molecule has 1 heterocycles. The number of aromatic nitrogens is 1. The highest BCUT2D eigenvalue weighted by Crippen LogP contribution is 2.29. The Hall–Kier alpha value is -2.14. The second kappa shape index (κ2) is 5.33. The molecular formula is C16H19N3O2. The molecule has 0 radical (unpaired) electrons. The Balaban J connectivity index is 1.71. The van der Waals surface area contributed by atoms with Gasteiger partial charge in [-0.05, 0) is 25.0 Å². The molecule has 0 spiro atoms. The van der Waals surface area contributed by atoms with E-state index in [1.807, 2.05) is 24.3 Å². The zero-order valence-corrected chi connectivity index (χ0v) is 12.1. The molecular weight excluding hydrogens is 266 g/mol. The van der Waals surface area contributed by atoms with Crippen LogP contribution in [0, 0.1) is 6.92 Å². The van der Waals surface area contributed by atoms with E-state index in [1.165, 1.54) is 0 Å². The summed E-state index contributed by atoms with van der Waals surface area (Å²) in [6.45, 7) is 1.81. The molecule has 1 fully saturated rings. The van der Waals surface area contributed by atoms with Crippen LogP contribution in [-0.4, -0.2) is 16.4 Å². The first-order valence-electron chi connectivity index (χ1n) is 7.20. The van der Waals surface area contributed by atoms with Gasteiger partial charge in [0.25, 0.3) is 0 Å². The fraction of sp³-hybridized carbons (Fsp3) is 0.375. The van der Waals surface area contributed by atoms with Gasteiger partial charge in [-0.15, -0.1) is 0 Å². The molecule has 0 atom stereocenters. The third-order valence-corrected chi connectivity index (χ3v) is 4.01. The van der Waals surface area contributed by atoms with Crippen LogP contribution in [0.15, 0.2) is 34.9 Å². The van der Waals surface area contributed by atoms with E-state index in [4.69, 9.17) is 10.2 Å². The number of nitrogens with zero attached hydrogens (tertiary/aromatic N) is 1. The summed E-state index contributed by atoms with van der Waals surface area (Å²) in [5, 5.41) is 2.90. The fourth-order valence-corrected chi connectivity index (χ4v) is 2.71. The van der Waals surface area contributed by atoms with Crippen molar-refractivity contribution in [3.05, 3.63) is 36.4 Å². The van der Waals surface area contributed by atoms with Crippen molar-refractivity contribution in [2.45, 2.75) is 38.1 Å². The van der Waals surface area contributed by atoms with Crippen LogP contribution in [-0.2, 0) is 4.79 Å². The number of hydrogen-bond acceptors (Lipinski definition) is 4. The predicted molar refractivity (Wildman–Crippen MR) is 80.7 cm³/mol. The molecule has 3 N–H and O–H groups in total. The highest BCUT2D eigenvalue weighted by atomic mass is 16.3. The third kappa shape index (κ3) is 2.83. The lowest BCUT2D eigenvalue weighted by Gasteiger charge is -2.22. The van der Waals surface area contributed by atoms with Crippen molar-refractivity contribution in [1.29, 1.82) is 0 Å². The number of carbonyl (C=O) groups is 1. The van der Waals surface area contributed by atoms with Crippen molar-refractivity contribution < 1.29 is 9.21 Å². The monoisotopic (exact) mass is 285 g/mol. The molecule has 0 aliphatic heterocycles. The largest absolute Gasteiger partial charge is 0.449 e. The maximum absolute atomic E-state index is 12.2. The molecule has 3 rings (SSSR count). The second-order valence-electron chi connectivity index (χ2n) is 5.65. The van der Waals surface area contributed by atoms with Gasteiger partial charge in [0.2, 0.25) is 5.91 Å². The lowest BCUT2D eigenvalue weighted by molar-refractivity contribution is -0.121. The number of anilines is 1. The molecule has 1 amide bonds. The zero-order chi connectivity index (χ0) is 14.9. The summed E-state index contributed by atoms with van der Waals surface area (Å²) >= 11 is 0. The van der Waals surface area contributed by atoms with Gasteiger partial charge in [0.15, 0.2) is 5.89 Å². The number of benzene rings is 1. The smallest absolute Gasteiger partial charge is 0.244 e. The maximum Gasteiger partial charge on any atom is 0.244 e. The molecule has 1 aliphatic rings. The van der Waals surface area contributed by atoms with E-state index in [-0.39, 0.29) is 5.91 Å². The minimum absolute atomic E-state index is 0.0926. The van der Waals surface area contributed by atoms with Crippen molar-refractivity contribution in [2.24, 2.45) is 5.73 Å². The van der Waals surface area contributed by atoms with Gasteiger partial charge in [-0.2, -0.15) is 0 Å². The van der Waals surface area contributed by atoms with Crippen LogP contribution < -0.4 is 11.1 Å². The summed E-state index contributed by atoms with van der Waals surface area (Å²) in [5.74, 6) is 0.540. The highest BCUT2D eigenvalue weighted by Gasteiger charge is 2.36. The number of nitrogens with one attached hydrogen (secondary N) is 1. The molecule has 0 saturated heterocycles. The van der Waals surface area contributed by atoms with Crippen molar-refractivity contribution in [3.8, 4) is 11.3 Å². The van der Waals surface area contributed by atoms with Crippen LogP contribution in [0.3, 0.4) is 0 Å². The summed E-state index contributed by atoms with van der Waals surface area (Å²) < 4.78 is 5.20. The van der Waals surface area contributed by atoms with Crippen LogP contribution in [0.2, 0.25) is 0 Å². The van der Waals surface area contributed by atoms with E-state index in [2.05, 4.69) is 10.3 Å². The van der Waals surface area contributed by atoms with Gasteiger partial charge in [0, 0.05) is 18.2 Å². The minimum atomic E-state index is -0.706. The molecule has 110 valence electrons. The molecule has 21 heavy (non-hydrogen) atoms. The molecule has 1 saturated carbocycles. The summed E-state index contributed by atoms with van der Waals surface area (Å²) in [5.41, 5.74) is 7.92. The average Bonchev–Trinajstić information content (AvgIpc) is 3.09. The average molecular weight is 285 g/mol. The van der Waals surface area contributed by atoms with Crippen molar-refractivity contribution >= 4 is 11.6 Å². The first kappa shape index (κ1) is 13.8. The molecule has 1 aromatic heterocycles. The first-order valence-corrected chi connectivity index (χ1v) is 7.20. The van der Waals surface area contributed by atoms with Gasteiger partial charge in [-0.1, -0.05) is 25.0 Å². The van der Waals surface area contributed by atoms with Gasteiger partial charge in [-0.25, -0.2) is 4.98 Å². The SMILES string of the molecule is Cc1nc(-c2ccc(NC(=O)C3(N)CCCC3)cc2)co1. The Morgan fingerprint density at radius 2 is 1.95 bits per heavy atom. The van der Waals surface area contributed by atoms with Crippen molar-refractivity contribution in [1.82, 2.24) is 4.98 Å². The van der Waals surface area contributed by atoms with Gasteiger partial charge in [0.1, 0.15) is 12.0 Å². The standard InChI is InChI=1S/C16H19N3O2/c1-11-18-14(10-21-11)12-4-6-13(7-5-12)19-15(20)16(17)8-2-3-9-16/h4-7,10H,2-3,8-9,17H2,1H3,(H,19,20). The summed E-state index contributed by atoms with van der Waals surface area (Å²) in [4.78, 5) is 16.5. The Kier molecular flexibility index (Phi) is 3.51. The van der Waals surface area contributed by atoms with Crippen LogP contribution in [0.5, 0.6) is 0 Å². The van der Waals surface area contributed by atoms with Crippen molar-refractivity contribution in [3.63, 3.8) is 0 Å². The molecule has 1 aromatic carbocycles. The molecule has 2 aromatic rings. The Morgan fingerprint density at radius 3 is 2.52 bits per heavy atom. The van der Waals surface area contributed by atoms with Gasteiger partial charge in [0.05, 0.1) is 5.54 Å².